The number of aromatic nitrogens is 1. The summed E-state index contributed by atoms with van der Waals surface area (Å²) in [5, 5.41) is 14.1. The fourth-order valence-corrected chi connectivity index (χ4v) is 2.68. The number of nitrogens with zero attached hydrogens (tertiary/aromatic N) is 1. The zero-order valence-electron chi connectivity index (χ0n) is 10.1. The Kier molecular flexibility index (Phi) is 4.20. The number of carbonyl (C=O) groups excluding carboxylic acids is 1. The maximum Gasteiger partial charge on any atom is 0.287 e. The number of alkyl halides is 1. The van der Waals surface area contributed by atoms with Crippen molar-refractivity contribution in [1.29, 1.82) is 0 Å². The minimum atomic E-state index is -0.540. The Morgan fingerprint density at radius 2 is 2.26 bits per heavy atom. The molecule has 1 aromatic rings. The molecule has 0 spiro atoms. The minimum Gasteiger partial charge on any atom is -0.381 e. The Morgan fingerprint density at radius 1 is 1.58 bits per heavy atom. The number of halogens is 1. The predicted molar refractivity (Wildman–Crippen MR) is 71.5 cm³/mol. The molecule has 2 heterocycles. The van der Waals surface area contributed by atoms with Crippen molar-refractivity contribution in [2.45, 2.75) is 18.4 Å². The average Bonchev–Trinajstić information content (AvgIpc) is 2.89. The predicted octanol–water partition coefficient (Wildman–Crippen LogP) is 1.60. The molecule has 0 aromatic carbocycles. The van der Waals surface area contributed by atoms with Gasteiger partial charge in [-0.25, -0.2) is 0 Å². The number of aromatic amines is 1. The van der Waals surface area contributed by atoms with Gasteiger partial charge in [0, 0.05) is 24.6 Å². The van der Waals surface area contributed by atoms with Crippen LogP contribution in [0.15, 0.2) is 12.3 Å². The van der Waals surface area contributed by atoms with E-state index in [1.165, 1.54) is 12.3 Å². The first-order valence-electron chi connectivity index (χ1n) is 5.85. The van der Waals surface area contributed by atoms with Crippen molar-refractivity contribution in [1.82, 2.24) is 10.3 Å². The van der Waals surface area contributed by atoms with E-state index in [2.05, 4.69) is 26.2 Å². The number of carbonyl (C=O) groups is 1. The first-order chi connectivity index (χ1) is 9.06. The summed E-state index contributed by atoms with van der Waals surface area (Å²) in [6.07, 6.45) is 2.64. The quantitative estimate of drug-likeness (QED) is 0.497. The lowest BCUT2D eigenvalue weighted by molar-refractivity contribution is -0.384. The smallest absolute Gasteiger partial charge is 0.287 e. The molecule has 104 valence electrons. The van der Waals surface area contributed by atoms with Gasteiger partial charge in [0.15, 0.2) is 0 Å². The van der Waals surface area contributed by atoms with E-state index in [1.54, 1.807) is 0 Å². The first kappa shape index (κ1) is 14.0. The summed E-state index contributed by atoms with van der Waals surface area (Å²) in [6.45, 7) is 1.19. The molecule has 1 aliphatic rings. The van der Waals surface area contributed by atoms with Crippen LogP contribution in [0.4, 0.5) is 5.69 Å². The molecule has 0 radical (unpaired) electrons. The number of nitro groups is 1. The van der Waals surface area contributed by atoms with E-state index < -0.39 is 4.92 Å². The number of ether oxygens (including phenoxy) is 1. The van der Waals surface area contributed by atoms with Crippen molar-refractivity contribution in [2.75, 3.05) is 18.5 Å². The lowest BCUT2D eigenvalue weighted by atomic mass is 9.92. The summed E-state index contributed by atoms with van der Waals surface area (Å²) < 4.78 is 5.28. The normalized spacial score (nSPS) is 17.9. The Labute approximate surface area is 118 Å². The molecule has 1 amide bonds. The molecule has 7 nitrogen and oxygen atoms in total. The molecule has 2 N–H and O–H groups in total. The molecule has 0 unspecified atom stereocenters. The minimum absolute atomic E-state index is 0.120. The highest BCUT2D eigenvalue weighted by atomic mass is 79.9. The van der Waals surface area contributed by atoms with Crippen LogP contribution in [0.25, 0.3) is 0 Å². The monoisotopic (exact) mass is 331 g/mol. The molecule has 8 heteroatoms. The van der Waals surface area contributed by atoms with E-state index in [9.17, 15) is 14.9 Å². The van der Waals surface area contributed by atoms with Gasteiger partial charge >= 0.3 is 0 Å². The molecule has 19 heavy (non-hydrogen) atoms. The van der Waals surface area contributed by atoms with Crippen LogP contribution in [0.1, 0.15) is 23.3 Å². The van der Waals surface area contributed by atoms with Gasteiger partial charge in [0.05, 0.1) is 16.7 Å². The third kappa shape index (κ3) is 3.13. The van der Waals surface area contributed by atoms with Crippen LogP contribution >= 0.6 is 15.9 Å². The van der Waals surface area contributed by atoms with Gasteiger partial charge in [-0.15, -0.1) is 0 Å². The van der Waals surface area contributed by atoms with Crippen LogP contribution < -0.4 is 5.32 Å². The van der Waals surface area contributed by atoms with Gasteiger partial charge < -0.3 is 15.0 Å². The van der Waals surface area contributed by atoms with Gasteiger partial charge in [-0.3, -0.25) is 14.9 Å². The molecule has 0 bridgehead atoms. The van der Waals surface area contributed by atoms with Crippen LogP contribution in [-0.4, -0.2) is 39.9 Å². The summed E-state index contributed by atoms with van der Waals surface area (Å²) in [4.78, 5) is 24.7. The average molecular weight is 332 g/mol. The Morgan fingerprint density at radius 3 is 2.79 bits per heavy atom. The second-order valence-electron chi connectivity index (χ2n) is 4.51. The van der Waals surface area contributed by atoms with E-state index >= 15 is 0 Å². The molecule has 1 saturated heterocycles. The van der Waals surface area contributed by atoms with E-state index in [0.717, 1.165) is 0 Å². The van der Waals surface area contributed by atoms with Crippen LogP contribution in [0.5, 0.6) is 0 Å². The second kappa shape index (κ2) is 5.70. The second-order valence-corrected chi connectivity index (χ2v) is 5.07. The van der Waals surface area contributed by atoms with Crippen molar-refractivity contribution in [3.63, 3.8) is 0 Å². The van der Waals surface area contributed by atoms with Crippen LogP contribution in [0.3, 0.4) is 0 Å². The van der Waals surface area contributed by atoms with Crippen molar-refractivity contribution in [3.8, 4) is 0 Å². The first-order valence-corrected chi connectivity index (χ1v) is 6.97. The summed E-state index contributed by atoms with van der Waals surface area (Å²) in [5.41, 5.74) is -0.279. The summed E-state index contributed by atoms with van der Waals surface area (Å²) in [7, 11) is 0. The van der Waals surface area contributed by atoms with E-state index in [1.807, 2.05) is 0 Å². The standard InChI is InChI=1S/C11H14BrN3O4/c12-7-11(1-3-19-4-2-11)14-10(16)9-5-8(6-13-9)15(17)18/h5-6,13H,1-4,7H2,(H,14,16). The van der Waals surface area contributed by atoms with Gasteiger partial charge in [0.2, 0.25) is 0 Å². The van der Waals surface area contributed by atoms with Crippen LogP contribution in [-0.2, 0) is 4.74 Å². The van der Waals surface area contributed by atoms with E-state index in [-0.39, 0.29) is 22.8 Å². The fourth-order valence-electron chi connectivity index (χ4n) is 1.98. The summed E-state index contributed by atoms with van der Waals surface area (Å²) in [6, 6.07) is 1.23. The lowest BCUT2D eigenvalue weighted by Crippen LogP contribution is -2.53. The number of nitrogens with one attached hydrogen (secondary N) is 2. The van der Waals surface area contributed by atoms with Crippen molar-refractivity contribution in [3.05, 3.63) is 28.1 Å². The fraction of sp³-hybridized carbons (Fsp3) is 0.545. The summed E-state index contributed by atoms with van der Waals surface area (Å²) in [5.74, 6) is -0.338. The third-order valence-corrected chi connectivity index (χ3v) is 4.28. The molecular formula is C11H14BrN3O4. The van der Waals surface area contributed by atoms with Gasteiger partial charge in [-0.1, -0.05) is 15.9 Å². The van der Waals surface area contributed by atoms with Crippen LogP contribution in [0.2, 0.25) is 0 Å². The number of rotatable bonds is 4. The third-order valence-electron chi connectivity index (χ3n) is 3.21. The summed E-state index contributed by atoms with van der Waals surface area (Å²) >= 11 is 3.41. The topological polar surface area (TPSA) is 97.3 Å². The molecule has 1 fully saturated rings. The maximum atomic E-state index is 12.1. The molecule has 0 aliphatic carbocycles. The van der Waals surface area contributed by atoms with Crippen LogP contribution in [0, 0.1) is 10.1 Å². The van der Waals surface area contributed by atoms with Crippen molar-refractivity contribution >= 4 is 27.5 Å². The van der Waals surface area contributed by atoms with Gasteiger partial charge in [0.25, 0.3) is 11.6 Å². The molecule has 1 aliphatic heterocycles. The van der Waals surface area contributed by atoms with E-state index in [0.29, 0.717) is 31.4 Å². The molecule has 1 aromatic heterocycles. The largest absolute Gasteiger partial charge is 0.381 e. The Balaban J connectivity index is 2.08. The van der Waals surface area contributed by atoms with Gasteiger partial charge in [-0.05, 0) is 12.8 Å². The van der Waals surface area contributed by atoms with Gasteiger partial charge in [-0.2, -0.15) is 0 Å². The Bertz CT molecular complexity index is 482. The van der Waals surface area contributed by atoms with E-state index in [4.69, 9.17) is 4.74 Å². The molecular weight excluding hydrogens is 318 g/mol. The maximum absolute atomic E-state index is 12.1. The zero-order chi connectivity index (χ0) is 13.9. The van der Waals surface area contributed by atoms with Crippen molar-refractivity contribution < 1.29 is 14.5 Å². The SMILES string of the molecule is O=C(NC1(CBr)CCOCC1)c1cc([N+](=O)[O-])c[nH]1. The van der Waals surface area contributed by atoms with Crippen molar-refractivity contribution in [2.24, 2.45) is 0 Å². The highest BCUT2D eigenvalue weighted by molar-refractivity contribution is 9.09. The Hall–Kier alpha value is -1.41. The molecule has 0 atom stereocenters. The van der Waals surface area contributed by atoms with Gasteiger partial charge in [0.1, 0.15) is 5.69 Å². The highest BCUT2D eigenvalue weighted by Crippen LogP contribution is 2.24. The zero-order valence-corrected chi connectivity index (χ0v) is 11.7. The number of hydrogen-bond donors (Lipinski definition) is 2. The molecule has 2 rings (SSSR count). The number of hydrogen-bond acceptors (Lipinski definition) is 4. The lowest BCUT2D eigenvalue weighted by Gasteiger charge is -2.36. The molecule has 0 saturated carbocycles. The number of H-pyrrole nitrogens is 1. The highest BCUT2D eigenvalue weighted by Gasteiger charge is 2.33. The number of amides is 1.